The topological polar surface area (TPSA) is 41.1 Å². The van der Waals surface area contributed by atoms with Gasteiger partial charge in [0.1, 0.15) is 5.25 Å². The second-order valence-electron chi connectivity index (χ2n) is 4.56. The third kappa shape index (κ3) is 4.71. The quantitative estimate of drug-likeness (QED) is 0.897. The van der Waals surface area contributed by atoms with E-state index in [0.29, 0.717) is 6.04 Å². The molecule has 5 heteroatoms. The zero-order valence-electron chi connectivity index (χ0n) is 11.1. The van der Waals surface area contributed by atoms with Crippen molar-refractivity contribution in [2.45, 2.75) is 24.1 Å². The van der Waals surface area contributed by atoms with Crippen LogP contribution in [0.2, 0.25) is 0 Å². The van der Waals surface area contributed by atoms with Crippen LogP contribution in [0, 0.1) is 0 Å². The molecule has 2 N–H and O–H groups in total. The van der Waals surface area contributed by atoms with E-state index in [-0.39, 0.29) is 23.6 Å². The van der Waals surface area contributed by atoms with Crippen molar-refractivity contribution in [2.24, 2.45) is 0 Å². The molecule has 1 aromatic rings. The summed E-state index contributed by atoms with van der Waals surface area (Å²) in [6, 6.07) is 10.3. The molecule has 1 aliphatic rings. The Morgan fingerprint density at radius 2 is 1.95 bits per heavy atom. The van der Waals surface area contributed by atoms with E-state index < -0.39 is 0 Å². The van der Waals surface area contributed by atoms with Gasteiger partial charge < -0.3 is 10.6 Å². The van der Waals surface area contributed by atoms with Crippen LogP contribution in [0.3, 0.4) is 0 Å². The van der Waals surface area contributed by atoms with E-state index in [4.69, 9.17) is 0 Å². The molecule has 1 fully saturated rings. The second-order valence-corrected chi connectivity index (χ2v) is 5.50. The van der Waals surface area contributed by atoms with Gasteiger partial charge in [-0.2, -0.15) is 0 Å². The molecule has 1 unspecified atom stereocenters. The van der Waals surface area contributed by atoms with Crippen molar-refractivity contribution in [1.82, 2.24) is 10.6 Å². The second kappa shape index (κ2) is 8.46. The maximum Gasteiger partial charge on any atom is 0.237 e. The number of nitrogens with one attached hydrogen (secondary N) is 2. The standard InChI is InChI=1S/C14H20N2OS.ClH/c1-18-13(11-5-3-2-4-6-11)14(17)16-12-7-9-15-10-8-12;/h2-6,12-13,15H,7-10H2,1H3,(H,16,17);1H. The van der Waals surface area contributed by atoms with E-state index >= 15 is 0 Å². The van der Waals surface area contributed by atoms with Crippen LogP contribution in [0.4, 0.5) is 0 Å². The number of hydrogen-bond acceptors (Lipinski definition) is 3. The van der Waals surface area contributed by atoms with E-state index in [1.807, 2.05) is 36.6 Å². The lowest BCUT2D eigenvalue weighted by Crippen LogP contribution is -2.44. The molecule has 106 valence electrons. The molecule has 3 nitrogen and oxygen atoms in total. The molecule has 1 aliphatic heterocycles. The number of carbonyl (C=O) groups is 1. The smallest absolute Gasteiger partial charge is 0.237 e. The van der Waals surface area contributed by atoms with Gasteiger partial charge in [-0.1, -0.05) is 30.3 Å². The Balaban J connectivity index is 0.00000180. The van der Waals surface area contributed by atoms with E-state index in [1.54, 1.807) is 11.8 Å². The van der Waals surface area contributed by atoms with Crippen molar-refractivity contribution < 1.29 is 4.79 Å². The fourth-order valence-corrected chi connectivity index (χ4v) is 2.98. The molecule has 1 amide bonds. The Morgan fingerprint density at radius 3 is 2.53 bits per heavy atom. The van der Waals surface area contributed by atoms with E-state index in [9.17, 15) is 4.79 Å². The van der Waals surface area contributed by atoms with Gasteiger partial charge in [0.25, 0.3) is 0 Å². The summed E-state index contributed by atoms with van der Waals surface area (Å²) < 4.78 is 0. The summed E-state index contributed by atoms with van der Waals surface area (Å²) in [6.45, 7) is 2.00. The lowest BCUT2D eigenvalue weighted by molar-refractivity contribution is -0.121. The van der Waals surface area contributed by atoms with Crippen LogP contribution in [-0.2, 0) is 4.79 Å². The Hall–Kier alpha value is -0.710. The molecular weight excluding hydrogens is 280 g/mol. The largest absolute Gasteiger partial charge is 0.352 e. The molecule has 1 aromatic carbocycles. The SMILES string of the molecule is CSC(C(=O)NC1CCNCC1)c1ccccc1.Cl. The number of amides is 1. The summed E-state index contributed by atoms with van der Waals surface area (Å²) in [7, 11) is 0. The van der Waals surface area contributed by atoms with Gasteiger partial charge in [0.15, 0.2) is 0 Å². The third-order valence-electron chi connectivity index (χ3n) is 3.26. The highest BCUT2D eigenvalue weighted by molar-refractivity contribution is 7.99. The van der Waals surface area contributed by atoms with Crippen molar-refractivity contribution in [3.63, 3.8) is 0 Å². The maximum atomic E-state index is 12.3. The predicted molar refractivity (Wildman–Crippen MR) is 84.0 cm³/mol. The molecule has 0 saturated carbocycles. The fraction of sp³-hybridized carbons (Fsp3) is 0.500. The number of carbonyl (C=O) groups excluding carboxylic acids is 1. The minimum atomic E-state index is -0.0962. The summed E-state index contributed by atoms with van der Waals surface area (Å²) in [4.78, 5) is 12.3. The van der Waals surface area contributed by atoms with Gasteiger partial charge in [-0.05, 0) is 37.8 Å². The Labute approximate surface area is 125 Å². The molecule has 1 saturated heterocycles. The normalized spacial score (nSPS) is 17.3. The third-order valence-corrected chi connectivity index (χ3v) is 4.22. The minimum absolute atomic E-state index is 0. The lowest BCUT2D eigenvalue weighted by atomic mass is 10.1. The van der Waals surface area contributed by atoms with Crippen molar-refractivity contribution >= 4 is 30.1 Å². The first-order valence-corrected chi connectivity index (χ1v) is 7.69. The predicted octanol–water partition coefficient (Wildman–Crippen LogP) is 2.38. The van der Waals surface area contributed by atoms with Crippen LogP contribution >= 0.6 is 24.2 Å². The van der Waals surface area contributed by atoms with E-state index in [2.05, 4.69) is 10.6 Å². The zero-order valence-corrected chi connectivity index (χ0v) is 12.7. The summed E-state index contributed by atoms with van der Waals surface area (Å²) in [5.41, 5.74) is 1.08. The number of thioether (sulfide) groups is 1. The first-order valence-electron chi connectivity index (χ1n) is 6.40. The van der Waals surface area contributed by atoms with E-state index in [0.717, 1.165) is 31.5 Å². The van der Waals surface area contributed by atoms with Gasteiger partial charge in [0.2, 0.25) is 5.91 Å². The van der Waals surface area contributed by atoms with Crippen LogP contribution in [-0.4, -0.2) is 31.3 Å². The van der Waals surface area contributed by atoms with Crippen LogP contribution in [0.15, 0.2) is 30.3 Å². The van der Waals surface area contributed by atoms with Crippen molar-refractivity contribution in [3.8, 4) is 0 Å². The highest BCUT2D eigenvalue weighted by Gasteiger charge is 2.22. The Bertz CT molecular complexity index is 382. The number of piperidine rings is 1. The monoisotopic (exact) mass is 300 g/mol. The summed E-state index contributed by atoms with van der Waals surface area (Å²) in [6.07, 6.45) is 4.04. The molecule has 0 spiro atoms. The first kappa shape index (κ1) is 16.3. The Kier molecular flexibility index (Phi) is 7.28. The average molecular weight is 301 g/mol. The summed E-state index contributed by atoms with van der Waals surface area (Å²) in [5.74, 6) is 0.139. The van der Waals surface area contributed by atoms with Crippen LogP contribution in [0.5, 0.6) is 0 Å². The van der Waals surface area contributed by atoms with Crippen LogP contribution in [0.25, 0.3) is 0 Å². The average Bonchev–Trinajstić information content (AvgIpc) is 2.42. The van der Waals surface area contributed by atoms with Gasteiger partial charge in [-0.3, -0.25) is 4.79 Å². The molecular formula is C14H21ClN2OS. The van der Waals surface area contributed by atoms with Gasteiger partial charge in [0, 0.05) is 6.04 Å². The number of hydrogen-bond donors (Lipinski definition) is 2. The zero-order chi connectivity index (χ0) is 12.8. The molecule has 1 atom stereocenters. The molecule has 1 heterocycles. The summed E-state index contributed by atoms with van der Waals surface area (Å²) >= 11 is 1.59. The van der Waals surface area contributed by atoms with E-state index in [1.165, 1.54) is 0 Å². The molecule has 0 bridgehead atoms. The van der Waals surface area contributed by atoms with Gasteiger partial charge >= 0.3 is 0 Å². The van der Waals surface area contributed by atoms with Gasteiger partial charge in [0.05, 0.1) is 0 Å². The Morgan fingerprint density at radius 1 is 1.32 bits per heavy atom. The van der Waals surface area contributed by atoms with Crippen LogP contribution < -0.4 is 10.6 Å². The molecule has 0 aliphatic carbocycles. The van der Waals surface area contributed by atoms with Crippen molar-refractivity contribution in [3.05, 3.63) is 35.9 Å². The number of rotatable bonds is 4. The number of benzene rings is 1. The summed E-state index contributed by atoms with van der Waals surface area (Å²) in [5, 5.41) is 6.38. The first-order chi connectivity index (χ1) is 8.81. The van der Waals surface area contributed by atoms with Crippen LogP contribution in [0.1, 0.15) is 23.7 Å². The van der Waals surface area contributed by atoms with Gasteiger partial charge in [-0.15, -0.1) is 24.2 Å². The fourth-order valence-electron chi connectivity index (χ4n) is 2.27. The van der Waals surface area contributed by atoms with Gasteiger partial charge in [-0.25, -0.2) is 0 Å². The molecule has 0 aromatic heterocycles. The maximum absolute atomic E-state index is 12.3. The lowest BCUT2D eigenvalue weighted by Gasteiger charge is -2.25. The highest BCUT2D eigenvalue weighted by Crippen LogP contribution is 2.26. The molecule has 2 rings (SSSR count). The molecule has 0 radical (unpaired) electrons. The minimum Gasteiger partial charge on any atom is -0.352 e. The van der Waals surface area contributed by atoms with Crippen molar-refractivity contribution in [1.29, 1.82) is 0 Å². The molecule has 19 heavy (non-hydrogen) atoms. The van der Waals surface area contributed by atoms with Crippen molar-refractivity contribution in [2.75, 3.05) is 19.3 Å². The number of halogens is 1. The highest BCUT2D eigenvalue weighted by atomic mass is 35.5.